The number of rotatable bonds is 6. The number of hydroxylamine groups is 2. The molecule has 2 amide bonds. The molecule has 0 bridgehead atoms. The Morgan fingerprint density at radius 2 is 1.56 bits per heavy atom. The monoisotopic (exact) mass is 366 g/mol. The van der Waals surface area contributed by atoms with Crippen LogP contribution in [0.4, 0.5) is 0 Å². The lowest BCUT2D eigenvalue weighted by atomic mass is 10.1. The van der Waals surface area contributed by atoms with Gasteiger partial charge in [0.15, 0.2) is 0 Å². The summed E-state index contributed by atoms with van der Waals surface area (Å²) < 4.78 is 0. The van der Waals surface area contributed by atoms with Crippen molar-refractivity contribution >= 4 is 17.8 Å². The van der Waals surface area contributed by atoms with E-state index in [2.05, 4.69) is 25.7 Å². The van der Waals surface area contributed by atoms with Gasteiger partial charge in [0.1, 0.15) is 0 Å². The molecule has 0 saturated carbocycles. The molecule has 6 nitrogen and oxygen atoms in total. The Hall–Kier alpha value is -2.99. The lowest BCUT2D eigenvalue weighted by Crippen LogP contribution is -2.32. The Morgan fingerprint density at radius 3 is 2.04 bits per heavy atom. The predicted molar refractivity (Wildman–Crippen MR) is 100 cm³/mol. The number of hydrogen-bond acceptors (Lipinski definition) is 5. The topological polar surface area (TPSA) is 66.9 Å². The second-order valence-electron chi connectivity index (χ2n) is 6.68. The SMILES string of the molecule is CCN(Cc1ccc(C(=O)ON2C(=O)c3ccccc3C2=O)cc1)C(C)C. The Bertz CT molecular complexity index is 839. The smallest absolute Gasteiger partial charge is 0.324 e. The number of nitrogens with zero attached hydrogens (tertiary/aromatic N) is 2. The van der Waals surface area contributed by atoms with Crippen LogP contribution in [0.15, 0.2) is 48.5 Å². The molecule has 0 aromatic heterocycles. The minimum atomic E-state index is -0.743. The van der Waals surface area contributed by atoms with E-state index < -0.39 is 17.8 Å². The van der Waals surface area contributed by atoms with Crippen LogP contribution in [0.1, 0.15) is 57.4 Å². The van der Waals surface area contributed by atoms with Crippen LogP contribution in [-0.2, 0) is 11.4 Å². The van der Waals surface area contributed by atoms with Crippen molar-refractivity contribution in [3.05, 3.63) is 70.8 Å². The normalized spacial score (nSPS) is 13.4. The highest BCUT2D eigenvalue weighted by molar-refractivity contribution is 6.21. The van der Waals surface area contributed by atoms with Crippen molar-refractivity contribution in [2.45, 2.75) is 33.4 Å². The summed E-state index contributed by atoms with van der Waals surface area (Å²) in [6.45, 7) is 8.09. The molecule has 6 heteroatoms. The van der Waals surface area contributed by atoms with Gasteiger partial charge in [-0.15, -0.1) is 0 Å². The molecule has 1 aliphatic rings. The summed E-state index contributed by atoms with van der Waals surface area (Å²) in [5, 5.41) is 0.526. The summed E-state index contributed by atoms with van der Waals surface area (Å²) in [6.07, 6.45) is 0. The zero-order valence-electron chi connectivity index (χ0n) is 15.6. The number of fused-ring (bicyclic) bond motifs is 1. The van der Waals surface area contributed by atoms with Gasteiger partial charge in [-0.05, 0) is 50.2 Å². The second kappa shape index (κ2) is 7.72. The highest BCUT2D eigenvalue weighted by Crippen LogP contribution is 2.23. The van der Waals surface area contributed by atoms with Gasteiger partial charge in [-0.1, -0.05) is 36.3 Å². The number of benzene rings is 2. The van der Waals surface area contributed by atoms with Crippen LogP contribution in [0.25, 0.3) is 0 Å². The molecule has 0 aliphatic carbocycles. The third kappa shape index (κ3) is 3.75. The largest absolute Gasteiger partial charge is 0.363 e. The Morgan fingerprint density at radius 1 is 1.00 bits per heavy atom. The summed E-state index contributed by atoms with van der Waals surface area (Å²) in [4.78, 5) is 44.3. The van der Waals surface area contributed by atoms with E-state index in [1.54, 1.807) is 24.3 Å². The molecule has 0 saturated heterocycles. The summed E-state index contributed by atoms with van der Waals surface area (Å²) in [7, 11) is 0. The molecule has 27 heavy (non-hydrogen) atoms. The van der Waals surface area contributed by atoms with Gasteiger partial charge < -0.3 is 4.84 Å². The molecule has 0 radical (unpaired) electrons. The summed E-state index contributed by atoms with van der Waals surface area (Å²) in [6, 6.07) is 13.8. The quantitative estimate of drug-likeness (QED) is 0.734. The third-order valence-electron chi connectivity index (χ3n) is 4.64. The van der Waals surface area contributed by atoms with Crippen LogP contribution < -0.4 is 0 Å². The Balaban J connectivity index is 1.69. The van der Waals surface area contributed by atoms with E-state index in [0.29, 0.717) is 11.1 Å². The molecule has 1 heterocycles. The van der Waals surface area contributed by atoms with Crippen LogP contribution in [-0.4, -0.2) is 40.3 Å². The summed E-state index contributed by atoms with van der Waals surface area (Å²) in [5.41, 5.74) is 1.82. The maximum absolute atomic E-state index is 12.4. The maximum atomic E-state index is 12.4. The second-order valence-corrected chi connectivity index (χ2v) is 6.68. The molecular formula is C21H22N2O4. The van der Waals surface area contributed by atoms with Crippen molar-refractivity contribution in [3.63, 3.8) is 0 Å². The van der Waals surface area contributed by atoms with E-state index in [4.69, 9.17) is 4.84 Å². The molecule has 140 valence electrons. The zero-order chi connectivity index (χ0) is 19.6. The van der Waals surface area contributed by atoms with Gasteiger partial charge >= 0.3 is 5.97 Å². The fourth-order valence-electron chi connectivity index (χ4n) is 3.03. The maximum Gasteiger partial charge on any atom is 0.363 e. The van der Waals surface area contributed by atoms with Crippen LogP contribution in [0, 0.1) is 0 Å². The first-order valence-corrected chi connectivity index (χ1v) is 8.95. The average molecular weight is 366 g/mol. The first-order chi connectivity index (χ1) is 12.9. The van der Waals surface area contributed by atoms with E-state index in [9.17, 15) is 14.4 Å². The average Bonchev–Trinajstić information content (AvgIpc) is 2.91. The van der Waals surface area contributed by atoms with Crippen molar-refractivity contribution in [1.82, 2.24) is 9.96 Å². The lowest BCUT2D eigenvalue weighted by molar-refractivity contribution is -0.0584. The van der Waals surface area contributed by atoms with Crippen molar-refractivity contribution in [3.8, 4) is 0 Å². The number of carbonyl (C=O) groups excluding carboxylic acids is 3. The van der Waals surface area contributed by atoms with Crippen LogP contribution in [0.3, 0.4) is 0 Å². The van der Waals surface area contributed by atoms with Gasteiger partial charge in [0, 0.05) is 12.6 Å². The molecule has 0 atom stereocenters. The van der Waals surface area contributed by atoms with E-state index in [1.807, 2.05) is 12.1 Å². The van der Waals surface area contributed by atoms with E-state index in [0.717, 1.165) is 18.7 Å². The zero-order valence-corrected chi connectivity index (χ0v) is 15.6. The van der Waals surface area contributed by atoms with E-state index >= 15 is 0 Å². The lowest BCUT2D eigenvalue weighted by Gasteiger charge is -2.24. The first-order valence-electron chi connectivity index (χ1n) is 8.95. The predicted octanol–water partition coefficient (Wildman–Crippen LogP) is 3.28. The number of carbonyl (C=O) groups is 3. The third-order valence-corrected chi connectivity index (χ3v) is 4.64. The van der Waals surface area contributed by atoms with Gasteiger partial charge in [0.05, 0.1) is 16.7 Å². The highest BCUT2D eigenvalue weighted by Gasteiger charge is 2.38. The van der Waals surface area contributed by atoms with Gasteiger partial charge in [0.2, 0.25) is 0 Å². The Labute approximate surface area is 158 Å². The number of amides is 2. The molecule has 2 aromatic carbocycles. The molecule has 0 unspecified atom stereocenters. The van der Waals surface area contributed by atoms with Gasteiger partial charge in [0.25, 0.3) is 11.8 Å². The van der Waals surface area contributed by atoms with Crippen molar-refractivity contribution < 1.29 is 19.2 Å². The molecule has 3 rings (SSSR count). The van der Waals surface area contributed by atoms with Crippen LogP contribution in [0.5, 0.6) is 0 Å². The minimum absolute atomic E-state index is 0.235. The fraction of sp³-hybridized carbons (Fsp3) is 0.286. The minimum Gasteiger partial charge on any atom is -0.324 e. The van der Waals surface area contributed by atoms with E-state index in [1.165, 1.54) is 12.1 Å². The molecule has 0 N–H and O–H groups in total. The molecule has 2 aromatic rings. The number of hydrogen-bond donors (Lipinski definition) is 0. The Kier molecular flexibility index (Phi) is 5.37. The summed E-state index contributed by atoms with van der Waals surface area (Å²) in [5.74, 6) is -2.00. The molecule has 1 aliphatic heterocycles. The van der Waals surface area contributed by atoms with Crippen molar-refractivity contribution in [2.24, 2.45) is 0 Å². The first kappa shape index (κ1) is 18.8. The highest BCUT2D eigenvalue weighted by atomic mass is 16.7. The molecule has 0 fully saturated rings. The van der Waals surface area contributed by atoms with Gasteiger partial charge in [-0.25, -0.2) is 4.79 Å². The van der Waals surface area contributed by atoms with Crippen LogP contribution in [0.2, 0.25) is 0 Å². The van der Waals surface area contributed by atoms with Crippen molar-refractivity contribution in [1.29, 1.82) is 0 Å². The van der Waals surface area contributed by atoms with E-state index in [-0.39, 0.29) is 16.7 Å². The van der Waals surface area contributed by atoms with Crippen LogP contribution >= 0.6 is 0 Å². The molecule has 0 spiro atoms. The van der Waals surface area contributed by atoms with Gasteiger partial charge in [-0.3, -0.25) is 14.5 Å². The summed E-state index contributed by atoms with van der Waals surface area (Å²) >= 11 is 0. The van der Waals surface area contributed by atoms with Gasteiger partial charge in [-0.2, -0.15) is 0 Å². The standard InChI is InChI=1S/C21H22N2O4/c1-4-22(14(2)3)13-15-9-11-16(12-10-15)21(26)27-23-19(24)17-7-5-6-8-18(17)20(23)25/h5-12,14H,4,13H2,1-3H3. The molecular weight excluding hydrogens is 344 g/mol. The fourth-order valence-corrected chi connectivity index (χ4v) is 3.03. The number of imide groups is 1. The van der Waals surface area contributed by atoms with Crippen molar-refractivity contribution in [2.75, 3.05) is 6.54 Å².